The Bertz CT molecular complexity index is 566. The third-order valence-electron chi connectivity index (χ3n) is 3.08. The quantitative estimate of drug-likeness (QED) is 0.735. The van der Waals surface area contributed by atoms with Crippen molar-refractivity contribution in [2.75, 3.05) is 18.8 Å². The van der Waals surface area contributed by atoms with Gasteiger partial charge in [-0.25, -0.2) is 8.42 Å². The van der Waals surface area contributed by atoms with Gasteiger partial charge < -0.3 is 4.90 Å². The first kappa shape index (κ1) is 18.0. The molecule has 1 amide bonds. The highest BCUT2D eigenvalue weighted by molar-refractivity contribution is 7.91. The van der Waals surface area contributed by atoms with Gasteiger partial charge in [-0.1, -0.05) is 31.5 Å². The summed E-state index contributed by atoms with van der Waals surface area (Å²) in [6, 6.07) is 6.13. The standard InChI is InChI=1S/C15H22ClNO3S/c1-3-9-17(10-4-2)15(18)8-11-21(19,20)14-7-5-6-13(16)12-14/h5-7,12H,3-4,8-11H2,1-2H3. The lowest BCUT2D eigenvalue weighted by Gasteiger charge is -2.21. The Morgan fingerprint density at radius 1 is 1.19 bits per heavy atom. The van der Waals surface area contributed by atoms with Gasteiger partial charge in [-0.3, -0.25) is 4.79 Å². The van der Waals surface area contributed by atoms with Gasteiger partial charge in [0.1, 0.15) is 0 Å². The van der Waals surface area contributed by atoms with Crippen LogP contribution in [0.15, 0.2) is 29.2 Å². The van der Waals surface area contributed by atoms with Gasteiger partial charge in [-0.15, -0.1) is 0 Å². The molecule has 0 aromatic heterocycles. The van der Waals surface area contributed by atoms with E-state index in [2.05, 4.69) is 0 Å². The molecule has 0 atom stereocenters. The van der Waals surface area contributed by atoms with Crippen molar-refractivity contribution >= 4 is 27.3 Å². The van der Waals surface area contributed by atoms with Crippen LogP contribution in [0.4, 0.5) is 0 Å². The first-order valence-corrected chi connectivity index (χ1v) is 9.19. The Labute approximate surface area is 132 Å². The van der Waals surface area contributed by atoms with Crippen molar-refractivity contribution in [2.45, 2.75) is 38.0 Å². The van der Waals surface area contributed by atoms with Gasteiger partial charge in [0.15, 0.2) is 9.84 Å². The summed E-state index contributed by atoms with van der Waals surface area (Å²) in [6.07, 6.45) is 1.74. The Morgan fingerprint density at radius 2 is 1.81 bits per heavy atom. The number of carbonyl (C=O) groups is 1. The second-order valence-electron chi connectivity index (χ2n) is 4.91. The number of rotatable bonds is 8. The normalized spacial score (nSPS) is 11.4. The van der Waals surface area contributed by atoms with E-state index in [1.54, 1.807) is 17.0 Å². The maximum absolute atomic E-state index is 12.2. The molecule has 0 unspecified atom stereocenters. The molecule has 0 aliphatic heterocycles. The van der Waals surface area contributed by atoms with Crippen LogP contribution < -0.4 is 0 Å². The van der Waals surface area contributed by atoms with E-state index in [-0.39, 0.29) is 23.0 Å². The fourth-order valence-corrected chi connectivity index (χ4v) is 3.59. The van der Waals surface area contributed by atoms with Crippen molar-refractivity contribution in [1.82, 2.24) is 4.90 Å². The van der Waals surface area contributed by atoms with E-state index in [0.717, 1.165) is 12.8 Å². The molecular formula is C15H22ClNO3S. The molecule has 0 fully saturated rings. The number of benzene rings is 1. The van der Waals surface area contributed by atoms with Crippen LogP contribution in [0.2, 0.25) is 5.02 Å². The summed E-state index contributed by atoms with van der Waals surface area (Å²) in [5.74, 6) is -0.292. The van der Waals surface area contributed by atoms with Gasteiger partial charge in [0.2, 0.25) is 5.91 Å². The highest BCUT2D eigenvalue weighted by Gasteiger charge is 2.19. The lowest BCUT2D eigenvalue weighted by Crippen LogP contribution is -2.33. The minimum Gasteiger partial charge on any atom is -0.343 e. The molecular weight excluding hydrogens is 310 g/mol. The minimum absolute atomic E-state index is 0.00878. The molecule has 6 heteroatoms. The molecule has 1 aromatic rings. The van der Waals surface area contributed by atoms with Gasteiger partial charge in [0.05, 0.1) is 10.6 Å². The summed E-state index contributed by atoms with van der Waals surface area (Å²) >= 11 is 5.81. The third-order valence-corrected chi connectivity index (χ3v) is 5.03. The molecule has 1 rings (SSSR count). The zero-order valence-electron chi connectivity index (χ0n) is 12.5. The number of halogens is 1. The van der Waals surface area contributed by atoms with E-state index in [4.69, 9.17) is 11.6 Å². The first-order chi connectivity index (χ1) is 9.90. The summed E-state index contributed by atoms with van der Waals surface area (Å²) in [5, 5.41) is 0.376. The summed E-state index contributed by atoms with van der Waals surface area (Å²) in [7, 11) is -3.47. The topological polar surface area (TPSA) is 54.5 Å². The minimum atomic E-state index is -3.47. The van der Waals surface area contributed by atoms with Crippen molar-refractivity contribution < 1.29 is 13.2 Å². The van der Waals surface area contributed by atoms with E-state index in [9.17, 15) is 13.2 Å². The maximum atomic E-state index is 12.2. The van der Waals surface area contributed by atoms with Gasteiger partial charge >= 0.3 is 0 Å². The average molecular weight is 332 g/mol. The Kier molecular flexibility index (Phi) is 7.18. The second kappa shape index (κ2) is 8.39. The molecule has 4 nitrogen and oxygen atoms in total. The third kappa shape index (κ3) is 5.67. The highest BCUT2D eigenvalue weighted by Crippen LogP contribution is 2.17. The van der Waals surface area contributed by atoms with Crippen molar-refractivity contribution in [3.05, 3.63) is 29.3 Å². The van der Waals surface area contributed by atoms with Crippen LogP contribution >= 0.6 is 11.6 Å². The molecule has 1 aromatic carbocycles. The largest absolute Gasteiger partial charge is 0.343 e. The second-order valence-corrected chi connectivity index (χ2v) is 7.45. The molecule has 0 spiro atoms. The number of sulfone groups is 1. The molecule has 0 N–H and O–H groups in total. The van der Waals surface area contributed by atoms with Crippen molar-refractivity contribution in [3.8, 4) is 0 Å². The van der Waals surface area contributed by atoms with Gasteiger partial charge in [-0.2, -0.15) is 0 Å². The summed E-state index contributed by atoms with van der Waals surface area (Å²) < 4.78 is 24.4. The van der Waals surface area contributed by atoms with Gasteiger partial charge in [-0.05, 0) is 31.0 Å². The molecule has 0 radical (unpaired) electrons. The van der Waals surface area contributed by atoms with Crippen LogP contribution in [0.25, 0.3) is 0 Å². The van der Waals surface area contributed by atoms with Gasteiger partial charge in [0.25, 0.3) is 0 Å². The first-order valence-electron chi connectivity index (χ1n) is 7.16. The van der Waals surface area contributed by atoms with Crippen LogP contribution in [0.5, 0.6) is 0 Å². The monoisotopic (exact) mass is 331 g/mol. The molecule has 0 saturated carbocycles. The molecule has 0 bridgehead atoms. The number of carbonyl (C=O) groups excluding carboxylic acids is 1. The van der Waals surface area contributed by atoms with E-state index in [1.165, 1.54) is 12.1 Å². The Hall–Kier alpha value is -1.07. The zero-order valence-corrected chi connectivity index (χ0v) is 14.1. The van der Waals surface area contributed by atoms with E-state index < -0.39 is 9.84 Å². The predicted molar refractivity (Wildman–Crippen MR) is 85.3 cm³/mol. The molecule has 0 heterocycles. The number of hydrogen-bond acceptors (Lipinski definition) is 3. The molecule has 0 aliphatic rings. The van der Waals surface area contributed by atoms with Crippen molar-refractivity contribution in [3.63, 3.8) is 0 Å². The average Bonchev–Trinajstić information content (AvgIpc) is 2.44. The van der Waals surface area contributed by atoms with E-state index in [1.807, 2.05) is 13.8 Å². The van der Waals surface area contributed by atoms with Crippen LogP contribution in [-0.4, -0.2) is 38.1 Å². The SMILES string of the molecule is CCCN(CCC)C(=O)CCS(=O)(=O)c1cccc(Cl)c1. The fourth-order valence-electron chi connectivity index (χ4n) is 2.06. The lowest BCUT2D eigenvalue weighted by molar-refractivity contribution is -0.130. The smallest absolute Gasteiger partial charge is 0.223 e. The zero-order chi connectivity index (χ0) is 15.9. The number of nitrogens with zero attached hydrogens (tertiary/aromatic N) is 1. The van der Waals surface area contributed by atoms with Crippen LogP contribution in [0.1, 0.15) is 33.1 Å². The van der Waals surface area contributed by atoms with E-state index >= 15 is 0 Å². The Morgan fingerprint density at radius 3 is 2.33 bits per heavy atom. The van der Waals surface area contributed by atoms with Crippen molar-refractivity contribution in [2.24, 2.45) is 0 Å². The van der Waals surface area contributed by atoms with Gasteiger partial charge in [0, 0.05) is 24.5 Å². The summed E-state index contributed by atoms with van der Waals surface area (Å²) in [4.78, 5) is 14.0. The molecule has 21 heavy (non-hydrogen) atoms. The Balaban J connectivity index is 2.70. The van der Waals surface area contributed by atoms with Crippen LogP contribution in [0, 0.1) is 0 Å². The maximum Gasteiger partial charge on any atom is 0.223 e. The summed E-state index contributed by atoms with van der Waals surface area (Å²) in [5.41, 5.74) is 0. The van der Waals surface area contributed by atoms with Crippen LogP contribution in [-0.2, 0) is 14.6 Å². The highest BCUT2D eigenvalue weighted by atomic mass is 35.5. The molecule has 0 saturated heterocycles. The van der Waals surface area contributed by atoms with Crippen LogP contribution in [0.3, 0.4) is 0 Å². The molecule has 118 valence electrons. The predicted octanol–water partition coefficient (Wildman–Crippen LogP) is 3.15. The fraction of sp³-hybridized carbons (Fsp3) is 0.533. The van der Waals surface area contributed by atoms with E-state index in [0.29, 0.717) is 18.1 Å². The summed E-state index contributed by atoms with van der Waals surface area (Å²) in [6.45, 7) is 5.34. The molecule has 0 aliphatic carbocycles. The lowest BCUT2D eigenvalue weighted by atomic mass is 10.3. The van der Waals surface area contributed by atoms with Crippen molar-refractivity contribution in [1.29, 1.82) is 0 Å². The number of hydrogen-bond donors (Lipinski definition) is 0. The number of amides is 1.